The summed E-state index contributed by atoms with van der Waals surface area (Å²) in [5.41, 5.74) is 0. The highest BCUT2D eigenvalue weighted by Gasteiger charge is 2.10. The van der Waals surface area contributed by atoms with Gasteiger partial charge in [0.2, 0.25) is 0 Å². The van der Waals surface area contributed by atoms with E-state index in [0.29, 0.717) is 12.0 Å². The number of rotatable bonds is 4. The molecule has 0 amide bonds. The van der Waals surface area contributed by atoms with Crippen molar-refractivity contribution in [2.24, 2.45) is 5.92 Å². The van der Waals surface area contributed by atoms with Crippen LogP contribution in [0.4, 0.5) is 0 Å². The van der Waals surface area contributed by atoms with Gasteiger partial charge in [-0.15, -0.1) is 11.3 Å². The third kappa shape index (κ3) is 2.61. The minimum atomic E-state index is 0.604. The highest BCUT2D eigenvalue weighted by molar-refractivity contribution is 7.09. The molecule has 2 atom stereocenters. The number of hydrogen-bond acceptors (Lipinski definition) is 2. The molecule has 1 nitrogen and oxygen atoms in total. The Kier molecular flexibility index (Phi) is 3.76. The van der Waals surface area contributed by atoms with Crippen LogP contribution in [0.5, 0.6) is 0 Å². The van der Waals surface area contributed by atoms with E-state index in [1.54, 1.807) is 0 Å². The quantitative estimate of drug-likeness (QED) is 0.756. The zero-order valence-corrected chi connectivity index (χ0v) is 8.82. The molecule has 0 spiro atoms. The molecule has 1 N–H and O–H groups in total. The lowest BCUT2D eigenvalue weighted by molar-refractivity contribution is 0.426. The van der Waals surface area contributed by atoms with Crippen LogP contribution in [0.3, 0.4) is 0 Å². The van der Waals surface area contributed by atoms with Gasteiger partial charge in [0.05, 0.1) is 0 Å². The van der Waals surface area contributed by atoms with Crippen LogP contribution in [0.15, 0.2) is 17.5 Å². The Hall–Kier alpha value is -0.340. The number of nitrogens with one attached hydrogen (secondary N) is 1. The van der Waals surface area contributed by atoms with Crippen molar-refractivity contribution in [3.05, 3.63) is 22.4 Å². The molecule has 1 rings (SSSR count). The minimum Gasteiger partial charge on any atom is -0.317 e. The van der Waals surface area contributed by atoms with Crippen LogP contribution < -0.4 is 5.32 Å². The van der Waals surface area contributed by atoms with Crippen molar-refractivity contribution in [2.75, 3.05) is 7.05 Å². The SMILES string of the molecule is CNC(C)C(C)Cc1cccs1. The van der Waals surface area contributed by atoms with Gasteiger partial charge in [-0.3, -0.25) is 0 Å². The average molecular weight is 183 g/mol. The van der Waals surface area contributed by atoms with Crippen molar-refractivity contribution in [3.63, 3.8) is 0 Å². The molecule has 68 valence electrons. The molecule has 1 aromatic rings. The van der Waals surface area contributed by atoms with Gasteiger partial charge in [-0.2, -0.15) is 0 Å². The maximum atomic E-state index is 3.28. The molecule has 0 fully saturated rings. The molecule has 12 heavy (non-hydrogen) atoms. The van der Waals surface area contributed by atoms with Crippen LogP contribution in [0, 0.1) is 5.92 Å². The van der Waals surface area contributed by atoms with Gasteiger partial charge in [0.15, 0.2) is 0 Å². The Bertz CT molecular complexity index is 206. The second kappa shape index (κ2) is 4.63. The van der Waals surface area contributed by atoms with Crippen LogP contribution in [0.2, 0.25) is 0 Å². The fourth-order valence-electron chi connectivity index (χ4n) is 1.21. The predicted octanol–water partition coefficient (Wildman–Crippen LogP) is 2.53. The number of hydrogen-bond donors (Lipinski definition) is 1. The Labute approximate surface area is 78.8 Å². The van der Waals surface area contributed by atoms with Gasteiger partial charge >= 0.3 is 0 Å². The van der Waals surface area contributed by atoms with Gasteiger partial charge in [-0.05, 0) is 37.8 Å². The van der Waals surface area contributed by atoms with Crippen LogP contribution in [0.25, 0.3) is 0 Å². The summed E-state index contributed by atoms with van der Waals surface area (Å²) >= 11 is 1.85. The standard InChI is InChI=1S/C10H17NS/c1-8(9(2)11-3)7-10-5-4-6-12-10/h4-6,8-9,11H,7H2,1-3H3. The molecular formula is C10H17NS. The maximum Gasteiger partial charge on any atom is 0.00648 e. The van der Waals surface area contributed by atoms with Gasteiger partial charge in [-0.1, -0.05) is 13.0 Å². The van der Waals surface area contributed by atoms with Gasteiger partial charge < -0.3 is 5.32 Å². The largest absolute Gasteiger partial charge is 0.317 e. The lowest BCUT2D eigenvalue weighted by Crippen LogP contribution is -2.29. The summed E-state index contributed by atoms with van der Waals surface area (Å²) in [5.74, 6) is 0.716. The zero-order chi connectivity index (χ0) is 8.97. The summed E-state index contributed by atoms with van der Waals surface area (Å²) in [6.07, 6.45) is 1.19. The maximum absolute atomic E-state index is 3.28. The predicted molar refractivity (Wildman–Crippen MR) is 55.7 cm³/mol. The second-order valence-electron chi connectivity index (χ2n) is 3.34. The first kappa shape index (κ1) is 9.75. The molecule has 1 heterocycles. The topological polar surface area (TPSA) is 12.0 Å². The van der Waals surface area contributed by atoms with E-state index >= 15 is 0 Å². The van der Waals surface area contributed by atoms with E-state index in [1.165, 1.54) is 11.3 Å². The second-order valence-corrected chi connectivity index (χ2v) is 4.37. The van der Waals surface area contributed by atoms with Crippen LogP contribution in [-0.2, 0) is 6.42 Å². The Balaban J connectivity index is 2.41. The van der Waals surface area contributed by atoms with Crippen LogP contribution in [-0.4, -0.2) is 13.1 Å². The summed E-state index contributed by atoms with van der Waals surface area (Å²) < 4.78 is 0. The molecular weight excluding hydrogens is 166 g/mol. The van der Waals surface area contributed by atoms with E-state index < -0.39 is 0 Å². The minimum absolute atomic E-state index is 0.604. The van der Waals surface area contributed by atoms with Crippen molar-refractivity contribution in [3.8, 4) is 0 Å². The van der Waals surface area contributed by atoms with Gasteiger partial charge in [0, 0.05) is 10.9 Å². The third-order valence-corrected chi connectivity index (χ3v) is 3.31. The van der Waals surface area contributed by atoms with Crippen molar-refractivity contribution in [1.82, 2.24) is 5.32 Å². The first-order valence-electron chi connectivity index (χ1n) is 4.43. The third-order valence-electron chi connectivity index (χ3n) is 2.41. The van der Waals surface area contributed by atoms with Crippen LogP contribution in [0.1, 0.15) is 18.7 Å². The van der Waals surface area contributed by atoms with Crippen molar-refractivity contribution in [1.29, 1.82) is 0 Å². The monoisotopic (exact) mass is 183 g/mol. The molecule has 0 saturated carbocycles. The lowest BCUT2D eigenvalue weighted by atomic mass is 9.99. The highest BCUT2D eigenvalue weighted by Crippen LogP contribution is 2.16. The number of thiophene rings is 1. The fraction of sp³-hybridized carbons (Fsp3) is 0.600. The average Bonchev–Trinajstić information content (AvgIpc) is 2.55. The summed E-state index contributed by atoms with van der Waals surface area (Å²) in [6, 6.07) is 4.94. The molecule has 2 unspecified atom stereocenters. The summed E-state index contributed by atoms with van der Waals surface area (Å²) in [6.45, 7) is 4.53. The molecule has 0 aromatic carbocycles. The summed E-state index contributed by atoms with van der Waals surface area (Å²) in [4.78, 5) is 1.49. The molecule has 0 aliphatic rings. The molecule has 0 bridgehead atoms. The molecule has 1 aromatic heterocycles. The van der Waals surface area contributed by atoms with E-state index in [-0.39, 0.29) is 0 Å². The molecule has 0 saturated heterocycles. The Morgan fingerprint density at radius 1 is 1.50 bits per heavy atom. The van der Waals surface area contributed by atoms with E-state index in [0.717, 1.165) is 0 Å². The van der Waals surface area contributed by atoms with E-state index in [4.69, 9.17) is 0 Å². The highest BCUT2D eigenvalue weighted by atomic mass is 32.1. The Morgan fingerprint density at radius 3 is 2.75 bits per heavy atom. The van der Waals surface area contributed by atoms with Gasteiger partial charge in [0.25, 0.3) is 0 Å². The first-order chi connectivity index (χ1) is 5.74. The van der Waals surface area contributed by atoms with E-state index in [1.807, 2.05) is 18.4 Å². The van der Waals surface area contributed by atoms with Crippen molar-refractivity contribution in [2.45, 2.75) is 26.3 Å². The molecule has 0 aliphatic carbocycles. The van der Waals surface area contributed by atoms with Crippen LogP contribution >= 0.6 is 11.3 Å². The van der Waals surface area contributed by atoms with Crippen molar-refractivity contribution < 1.29 is 0 Å². The molecule has 0 aliphatic heterocycles. The van der Waals surface area contributed by atoms with Gasteiger partial charge in [-0.25, -0.2) is 0 Å². The fourth-order valence-corrected chi connectivity index (χ4v) is 2.06. The van der Waals surface area contributed by atoms with E-state index in [9.17, 15) is 0 Å². The zero-order valence-electron chi connectivity index (χ0n) is 8.00. The Morgan fingerprint density at radius 2 is 2.25 bits per heavy atom. The smallest absolute Gasteiger partial charge is 0.00648 e. The molecule has 0 radical (unpaired) electrons. The molecule has 2 heteroatoms. The summed E-state index contributed by atoms with van der Waals surface area (Å²) in [7, 11) is 2.02. The lowest BCUT2D eigenvalue weighted by Gasteiger charge is -2.18. The van der Waals surface area contributed by atoms with Crippen molar-refractivity contribution >= 4 is 11.3 Å². The normalized spacial score (nSPS) is 15.9. The van der Waals surface area contributed by atoms with E-state index in [2.05, 4.69) is 36.7 Å². The first-order valence-corrected chi connectivity index (χ1v) is 5.31. The summed E-state index contributed by atoms with van der Waals surface area (Å²) in [5, 5.41) is 5.43. The van der Waals surface area contributed by atoms with Gasteiger partial charge in [0.1, 0.15) is 0 Å².